The maximum absolute atomic E-state index is 12.4. The van der Waals surface area contributed by atoms with Crippen LogP contribution in [0.1, 0.15) is 72.1 Å². The molecule has 0 aliphatic heterocycles. The van der Waals surface area contributed by atoms with Crippen molar-refractivity contribution in [2.75, 3.05) is 0 Å². The highest BCUT2D eigenvalue weighted by Gasteiger charge is 2.59. The Morgan fingerprint density at radius 3 is 2.46 bits per heavy atom. The van der Waals surface area contributed by atoms with Crippen molar-refractivity contribution in [3.8, 4) is 0 Å². The topological polar surface area (TPSA) is 71.4 Å². The van der Waals surface area contributed by atoms with E-state index in [4.69, 9.17) is 0 Å². The van der Waals surface area contributed by atoms with E-state index < -0.39 is 5.97 Å². The molecule has 0 amide bonds. The van der Waals surface area contributed by atoms with Crippen molar-refractivity contribution in [2.45, 2.75) is 72.1 Å². The van der Waals surface area contributed by atoms with Gasteiger partial charge in [-0.05, 0) is 68.1 Å². The fraction of sp³-hybridized carbons (Fsp3) is 0.850. The first kappa shape index (κ1) is 17.6. The van der Waals surface area contributed by atoms with E-state index >= 15 is 0 Å². The third-order valence-corrected chi connectivity index (χ3v) is 7.83. The number of carbonyl (C=O) groups is 3. The van der Waals surface area contributed by atoms with Gasteiger partial charge in [0, 0.05) is 24.7 Å². The number of fused-ring (bicyclic) bond motifs is 3. The molecule has 3 aliphatic carbocycles. The predicted octanol–water partition coefficient (Wildman–Crippen LogP) is 3.87. The highest BCUT2D eigenvalue weighted by Crippen LogP contribution is 2.64. The first-order valence-corrected chi connectivity index (χ1v) is 9.43. The van der Waals surface area contributed by atoms with Crippen LogP contribution in [0.3, 0.4) is 0 Å². The standard InChI is InChI=1S/C20H30O4/c1-12(21)11-20(3)13(10-18(23)24)4-5-14-15-6-7-17(22)19(15,2)9-8-16(14)20/h13-16H,4-11H2,1-3H3,(H,23,24)/t13-,14+,15-,16-,19-,20+/m0/s1. The van der Waals surface area contributed by atoms with Crippen molar-refractivity contribution < 1.29 is 19.5 Å². The fourth-order valence-corrected chi connectivity index (χ4v) is 6.66. The number of ketones is 2. The maximum atomic E-state index is 12.4. The summed E-state index contributed by atoms with van der Waals surface area (Å²) >= 11 is 0. The molecule has 1 N–H and O–H groups in total. The molecule has 134 valence electrons. The smallest absolute Gasteiger partial charge is 0.303 e. The lowest BCUT2D eigenvalue weighted by molar-refractivity contribution is -0.149. The van der Waals surface area contributed by atoms with Crippen molar-refractivity contribution in [3.63, 3.8) is 0 Å². The number of carboxylic acids is 1. The van der Waals surface area contributed by atoms with Gasteiger partial charge in [0.2, 0.25) is 0 Å². The predicted molar refractivity (Wildman–Crippen MR) is 90.4 cm³/mol. The molecule has 3 fully saturated rings. The molecule has 0 spiro atoms. The minimum Gasteiger partial charge on any atom is -0.481 e. The Hall–Kier alpha value is -1.19. The molecule has 0 saturated heterocycles. The molecule has 3 aliphatic rings. The molecule has 0 radical (unpaired) electrons. The molecule has 3 saturated carbocycles. The Kier molecular flexibility index (Phi) is 4.38. The molecule has 0 heterocycles. The number of Topliss-reactive ketones (excluding diaryl/α,β-unsaturated/α-hetero) is 2. The van der Waals surface area contributed by atoms with E-state index in [1.54, 1.807) is 6.92 Å². The average Bonchev–Trinajstić information content (AvgIpc) is 2.77. The molecule has 6 atom stereocenters. The van der Waals surface area contributed by atoms with Gasteiger partial charge in [0.25, 0.3) is 0 Å². The highest BCUT2D eigenvalue weighted by atomic mass is 16.4. The van der Waals surface area contributed by atoms with Gasteiger partial charge in [-0.15, -0.1) is 0 Å². The van der Waals surface area contributed by atoms with Crippen LogP contribution in [0.25, 0.3) is 0 Å². The summed E-state index contributed by atoms with van der Waals surface area (Å²) < 4.78 is 0. The quantitative estimate of drug-likeness (QED) is 0.847. The van der Waals surface area contributed by atoms with Gasteiger partial charge >= 0.3 is 5.97 Å². The Labute approximate surface area is 144 Å². The number of hydrogen-bond acceptors (Lipinski definition) is 3. The summed E-state index contributed by atoms with van der Waals surface area (Å²) in [5.41, 5.74) is -0.405. The summed E-state index contributed by atoms with van der Waals surface area (Å²) in [6.45, 7) is 5.92. The van der Waals surface area contributed by atoms with Crippen LogP contribution in [0.4, 0.5) is 0 Å². The Balaban J connectivity index is 1.92. The van der Waals surface area contributed by atoms with E-state index in [1.807, 2.05) is 0 Å². The van der Waals surface area contributed by atoms with Crippen molar-refractivity contribution in [2.24, 2.45) is 34.5 Å². The Morgan fingerprint density at radius 2 is 1.83 bits per heavy atom. The third kappa shape index (κ3) is 2.62. The molecule has 3 rings (SSSR count). The molecule has 0 aromatic rings. The molecule has 0 aromatic heterocycles. The molecule has 4 heteroatoms. The van der Waals surface area contributed by atoms with Crippen LogP contribution < -0.4 is 0 Å². The maximum Gasteiger partial charge on any atom is 0.303 e. The van der Waals surface area contributed by atoms with Gasteiger partial charge in [-0.1, -0.05) is 13.8 Å². The molecular weight excluding hydrogens is 304 g/mol. The summed E-state index contributed by atoms with van der Waals surface area (Å²) in [7, 11) is 0. The molecular formula is C20H30O4. The number of rotatable bonds is 4. The highest BCUT2D eigenvalue weighted by molar-refractivity contribution is 5.87. The average molecular weight is 334 g/mol. The summed E-state index contributed by atoms with van der Waals surface area (Å²) in [4.78, 5) is 35.7. The van der Waals surface area contributed by atoms with Gasteiger partial charge in [-0.2, -0.15) is 0 Å². The number of carbonyl (C=O) groups excluding carboxylic acids is 2. The van der Waals surface area contributed by atoms with Crippen molar-refractivity contribution >= 4 is 17.5 Å². The fourth-order valence-electron chi connectivity index (χ4n) is 6.66. The van der Waals surface area contributed by atoms with E-state index in [0.29, 0.717) is 36.4 Å². The summed E-state index contributed by atoms with van der Waals surface area (Å²) in [5, 5.41) is 9.32. The monoisotopic (exact) mass is 334 g/mol. The van der Waals surface area contributed by atoms with Crippen LogP contribution in [0.5, 0.6) is 0 Å². The van der Waals surface area contributed by atoms with Crippen LogP contribution in [0.2, 0.25) is 0 Å². The van der Waals surface area contributed by atoms with Gasteiger partial charge in [0.15, 0.2) is 0 Å². The van der Waals surface area contributed by atoms with Crippen molar-refractivity contribution in [1.29, 1.82) is 0 Å². The second kappa shape index (κ2) is 5.96. The van der Waals surface area contributed by atoms with Gasteiger partial charge in [0.05, 0.1) is 0 Å². The number of aliphatic carboxylic acids is 1. The first-order valence-electron chi connectivity index (χ1n) is 9.43. The van der Waals surface area contributed by atoms with Crippen LogP contribution in [0, 0.1) is 34.5 Å². The van der Waals surface area contributed by atoms with E-state index in [1.165, 1.54) is 0 Å². The van der Waals surface area contributed by atoms with E-state index in [9.17, 15) is 19.5 Å². The lowest BCUT2D eigenvalue weighted by atomic mass is 9.46. The zero-order valence-electron chi connectivity index (χ0n) is 15.1. The lowest BCUT2D eigenvalue weighted by Crippen LogP contribution is -2.52. The SMILES string of the molecule is CC(=O)C[C@]1(C)[C@H](CC(=O)O)CC[C@H]2[C@@H]1CC[C@]1(C)C(=O)CC[C@@H]21. The van der Waals surface area contributed by atoms with Crippen LogP contribution in [-0.2, 0) is 14.4 Å². The summed E-state index contributed by atoms with van der Waals surface area (Å²) in [6, 6.07) is 0. The minimum absolute atomic E-state index is 0.0709. The van der Waals surface area contributed by atoms with Gasteiger partial charge in [-0.25, -0.2) is 0 Å². The van der Waals surface area contributed by atoms with Crippen LogP contribution in [-0.4, -0.2) is 22.6 Å². The van der Waals surface area contributed by atoms with Gasteiger partial charge < -0.3 is 9.90 Å². The van der Waals surface area contributed by atoms with E-state index in [-0.39, 0.29) is 29.0 Å². The zero-order valence-corrected chi connectivity index (χ0v) is 15.1. The van der Waals surface area contributed by atoms with Crippen LogP contribution in [0.15, 0.2) is 0 Å². The van der Waals surface area contributed by atoms with Gasteiger partial charge in [-0.3, -0.25) is 9.59 Å². The second-order valence-corrected chi connectivity index (χ2v) is 9.05. The molecule has 4 nitrogen and oxygen atoms in total. The van der Waals surface area contributed by atoms with E-state index in [0.717, 1.165) is 32.1 Å². The summed E-state index contributed by atoms with van der Waals surface area (Å²) in [6.07, 6.45) is 6.08. The largest absolute Gasteiger partial charge is 0.481 e. The Bertz CT molecular complexity index is 568. The molecule has 0 bridgehead atoms. The minimum atomic E-state index is -0.759. The number of hydrogen-bond donors (Lipinski definition) is 1. The second-order valence-electron chi connectivity index (χ2n) is 9.05. The molecule has 0 aromatic carbocycles. The number of carboxylic acid groups (broad SMARTS) is 1. The van der Waals surface area contributed by atoms with Crippen molar-refractivity contribution in [1.82, 2.24) is 0 Å². The molecule has 24 heavy (non-hydrogen) atoms. The first-order chi connectivity index (χ1) is 11.2. The zero-order chi connectivity index (χ0) is 17.7. The normalized spacial score (nSPS) is 44.7. The lowest BCUT2D eigenvalue weighted by Gasteiger charge is -2.57. The van der Waals surface area contributed by atoms with E-state index in [2.05, 4.69) is 13.8 Å². The van der Waals surface area contributed by atoms with Crippen LogP contribution >= 0.6 is 0 Å². The van der Waals surface area contributed by atoms with Gasteiger partial charge in [0.1, 0.15) is 11.6 Å². The molecule has 0 unspecified atom stereocenters. The van der Waals surface area contributed by atoms with Crippen molar-refractivity contribution in [3.05, 3.63) is 0 Å². The Morgan fingerprint density at radius 1 is 1.12 bits per heavy atom. The third-order valence-electron chi connectivity index (χ3n) is 7.83. The summed E-state index contributed by atoms with van der Waals surface area (Å²) in [5.74, 6) is 1.18.